The zero-order chi connectivity index (χ0) is 11.1. The van der Waals surface area contributed by atoms with Crippen molar-refractivity contribution < 1.29 is 4.74 Å². The van der Waals surface area contributed by atoms with Gasteiger partial charge in [-0.2, -0.15) is 0 Å². The maximum absolute atomic E-state index is 5.64. The van der Waals surface area contributed by atoms with Crippen molar-refractivity contribution in [2.75, 3.05) is 6.61 Å². The summed E-state index contributed by atoms with van der Waals surface area (Å²) >= 11 is 0. The van der Waals surface area contributed by atoms with E-state index in [1.54, 1.807) is 0 Å². The summed E-state index contributed by atoms with van der Waals surface area (Å²) in [4.78, 5) is 0. The van der Waals surface area contributed by atoms with Crippen LogP contribution in [-0.2, 0) is 4.74 Å². The van der Waals surface area contributed by atoms with Gasteiger partial charge < -0.3 is 10.1 Å². The van der Waals surface area contributed by atoms with Crippen LogP contribution < -0.4 is 5.32 Å². The summed E-state index contributed by atoms with van der Waals surface area (Å²) in [6.45, 7) is 5.22. The van der Waals surface area contributed by atoms with Crippen LogP contribution in [0, 0.1) is 12.3 Å². The van der Waals surface area contributed by atoms with Gasteiger partial charge in [0.15, 0.2) is 0 Å². The highest BCUT2D eigenvalue weighted by Crippen LogP contribution is 2.17. The molecule has 0 saturated carbocycles. The Morgan fingerprint density at radius 1 is 1.53 bits per heavy atom. The first-order chi connectivity index (χ1) is 7.30. The van der Waals surface area contributed by atoms with E-state index in [-0.39, 0.29) is 6.04 Å². The Balaban J connectivity index is 2.33. The summed E-state index contributed by atoms with van der Waals surface area (Å²) in [5.74, 6) is 2.83. The Morgan fingerprint density at radius 3 is 2.93 bits per heavy atom. The van der Waals surface area contributed by atoms with Crippen LogP contribution >= 0.6 is 0 Å². The third-order valence-electron chi connectivity index (χ3n) is 3.04. The SMILES string of the molecule is C#CC(CCC)NC1CCOC(CC)C1. The molecule has 0 amide bonds. The molecular weight excluding hydrogens is 186 g/mol. The van der Waals surface area contributed by atoms with Crippen LogP contribution in [0.25, 0.3) is 0 Å². The van der Waals surface area contributed by atoms with Crippen LogP contribution in [0.2, 0.25) is 0 Å². The van der Waals surface area contributed by atoms with Gasteiger partial charge in [0.2, 0.25) is 0 Å². The first-order valence-electron chi connectivity index (χ1n) is 6.13. The Kier molecular flexibility index (Phi) is 5.75. The van der Waals surface area contributed by atoms with Crippen LogP contribution in [0.15, 0.2) is 0 Å². The molecule has 0 aliphatic carbocycles. The van der Waals surface area contributed by atoms with Crippen LogP contribution in [0.4, 0.5) is 0 Å². The number of hydrogen-bond donors (Lipinski definition) is 1. The van der Waals surface area contributed by atoms with Gasteiger partial charge in [-0.25, -0.2) is 0 Å². The molecular formula is C13H23NO. The van der Waals surface area contributed by atoms with Crippen LogP contribution in [0.1, 0.15) is 46.0 Å². The molecule has 15 heavy (non-hydrogen) atoms. The van der Waals surface area contributed by atoms with E-state index >= 15 is 0 Å². The number of hydrogen-bond acceptors (Lipinski definition) is 2. The van der Waals surface area contributed by atoms with Crippen LogP contribution in [0.5, 0.6) is 0 Å². The van der Waals surface area contributed by atoms with Crippen LogP contribution in [0.3, 0.4) is 0 Å². The molecule has 1 N–H and O–H groups in total. The summed E-state index contributed by atoms with van der Waals surface area (Å²) in [5, 5.41) is 3.55. The van der Waals surface area contributed by atoms with Gasteiger partial charge in [-0.3, -0.25) is 0 Å². The lowest BCUT2D eigenvalue weighted by molar-refractivity contribution is -0.00106. The minimum absolute atomic E-state index is 0.246. The van der Waals surface area contributed by atoms with E-state index in [1.165, 1.54) is 0 Å². The molecule has 2 nitrogen and oxygen atoms in total. The maximum Gasteiger partial charge on any atom is 0.0689 e. The lowest BCUT2D eigenvalue weighted by Crippen LogP contribution is -2.43. The number of rotatable bonds is 5. The summed E-state index contributed by atoms with van der Waals surface area (Å²) < 4.78 is 5.64. The lowest BCUT2D eigenvalue weighted by Gasteiger charge is -2.31. The van der Waals surface area contributed by atoms with Gasteiger partial charge >= 0.3 is 0 Å². The van der Waals surface area contributed by atoms with E-state index in [0.717, 1.165) is 38.7 Å². The molecule has 1 aliphatic heterocycles. The quantitative estimate of drug-likeness (QED) is 0.702. The molecule has 0 bridgehead atoms. The normalized spacial score (nSPS) is 28.3. The van der Waals surface area contributed by atoms with Gasteiger partial charge in [0.25, 0.3) is 0 Å². The predicted octanol–water partition coefficient (Wildman–Crippen LogP) is 2.34. The molecule has 1 saturated heterocycles. The Labute approximate surface area is 93.8 Å². The fourth-order valence-corrected chi connectivity index (χ4v) is 2.10. The van der Waals surface area contributed by atoms with Crippen molar-refractivity contribution in [2.45, 2.75) is 64.1 Å². The van der Waals surface area contributed by atoms with Crippen molar-refractivity contribution >= 4 is 0 Å². The second-order valence-corrected chi connectivity index (χ2v) is 4.30. The molecule has 0 aromatic carbocycles. The van der Waals surface area contributed by atoms with Crippen molar-refractivity contribution in [1.82, 2.24) is 5.32 Å². The smallest absolute Gasteiger partial charge is 0.0689 e. The third kappa shape index (κ3) is 4.24. The van der Waals surface area contributed by atoms with E-state index in [0.29, 0.717) is 12.1 Å². The zero-order valence-electron chi connectivity index (χ0n) is 9.96. The molecule has 0 radical (unpaired) electrons. The van der Waals surface area contributed by atoms with Crippen LogP contribution in [-0.4, -0.2) is 24.8 Å². The van der Waals surface area contributed by atoms with Crippen molar-refractivity contribution in [3.63, 3.8) is 0 Å². The van der Waals surface area contributed by atoms with E-state index in [1.807, 2.05) is 0 Å². The Morgan fingerprint density at radius 2 is 2.33 bits per heavy atom. The average molecular weight is 209 g/mol. The lowest BCUT2D eigenvalue weighted by atomic mass is 10.00. The van der Waals surface area contributed by atoms with Gasteiger partial charge in [0, 0.05) is 12.6 Å². The molecule has 3 atom stereocenters. The minimum atomic E-state index is 0.246. The summed E-state index contributed by atoms with van der Waals surface area (Å²) in [6, 6.07) is 0.798. The van der Waals surface area contributed by atoms with Crippen molar-refractivity contribution in [2.24, 2.45) is 0 Å². The molecule has 1 aliphatic rings. The van der Waals surface area contributed by atoms with Gasteiger partial charge in [-0.05, 0) is 25.7 Å². The molecule has 3 unspecified atom stereocenters. The van der Waals surface area contributed by atoms with E-state index in [2.05, 4.69) is 25.1 Å². The minimum Gasteiger partial charge on any atom is -0.378 e. The standard InChI is InChI=1S/C13H23NO/c1-4-7-11(5-2)14-12-8-9-15-13(6-3)10-12/h2,11-14H,4,6-10H2,1,3H3. The second-order valence-electron chi connectivity index (χ2n) is 4.30. The van der Waals surface area contributed by atoms with Gasteiger partial charge in [0.1, 0.15) is 0 Å². The molecule has 0 aromatic rings. The zero-order valence-corrected chi connectivity index (χ0v) is 9.96. The Hall–Kier alpha value is -0.520. The third-order valence-corrected chi connectivity index (χ3v) is 3.04. The van der Waals surface area contributed by atoms with Gasteiger partial charge in [-0.1, -0.05) is 26.2 Å². The highest BCUT2D eigenvalue weighted by Gasteiger charge is 2.22. The molecule has 1 rings (SSSR count). The van der Waals surface area contributed by atoms with Gasteiger partial charge in [0.05, 0.1) is 12.1 Å². The molecule has 1 heterocycles. The monoisotopic (exact) mass is 209 g/mol. The number of terminal acetylenes is 1. The fourth-order valence-electron chi connectivity index (χ4n) is 2.10. The fraction of sp³-hybridized carbons (Fsp3) is 0.846. The first-order valence-corrected chi connectivity index (χ1v) is 6.13. The second kappa shape index (κ2) is 6.87. The topological polar surface area (TPSA) is 21.3 Å². The average Bonchev–Trinajstić information content (AvgIpc) is 2.29. The van der Waals surface area contributed by atoms with Crippen molar-refractivity contribution in [3.05, 3.63) is 0 Å². The Bertz CT molecular complexity index is 209. The van der Waals surface area contributed by atoms with Crippen molar-refractivity contribution in [3.8, 4) is 12.3 Å². The molecule has 1 fully saturated rings. The van der Waals surface area contributed by atoms with Gasteiger partial charge in [-0.15, -0.1) is 6.42 Å². The molecule has 2 heteroatoms. The highest BCUT2D eigenvalue weighted by atomic mass is 16.5. The van der Waals surface area contributed by atoms with E-state index < -0.39 is 0 Å². The molecule has 0 spiro atoms. The van der Waals surface area contributed by atoms with E-state index in [9.17, 15) is 0 Å². The maximum atomic E-state index is 5.64. The van der Waals surface area contributed by atoms with E-state index in [4.69, 9.17) is 11.2 Å². The van der Waals surface area contributed by atoms with Crippen molar-refractivity contribution in [1.29, 1.82) is 0 Å². The highest BCUT2D eigenvalue weighted by molar-refractivity contribution is 5.00. The predicted molar refractivity (Wildman–Crippen MR) is 63.7 cm³/mol. The molecule has 0 aromatic heterocycles. The summed E-state index contributed by atoms with van der Waals surface area (Å²) in [5.41, 5.74) is 0. The molecule has 86 valence electrons. The first kappa shape index (κ1) is 12.5. The summed E-state index contributed by atoms with van der Waals surface area (Å²) in [7, 11) is 0. The number of ether oxygens (including phenoxy) is 1. The number of nitrogens with one attached hydrogen (secondary N) is 1. The summed E-state index contributed by atoms with van der Waals surface area (Å²) in [6.07, 6.45) is 11.5. The largest absolute Gasteiger partial charge is 0.378 e.